The van der Waals surface area contributed by atoms with E-state index in [0.717, 1.165) is 17.7 Å². The van der Waals surface area contributed by atoms with Crippen LogP contribution in [0.25, 0.3) is 0 Å². The fourth-order valence-electron chi connectivity index (χ4n) is 3.97. The Morgan fingerprint density at radius 1 is 0.897 bits per heavy atom. The van der Waals surface area contributed by atoms with E-state index in [4.69, 9.17) is 4.42 Å². The Hall–Kier alpha value is -3.67. The van der Waals surface area contributed by atoms with Crippen molar-refractivity contribution in [2.75, 3.05) is 9.91 Å². The molecule has 0 bridgehead atoms. The smallest absolute Gasteiger partial charge is 0.259 e. The molecular weight excluding hydrogens is 366 g/mol. The fourth-order valence-corrected chi connectivity index (χ4v) is 3.97. The van der Waals surface area contributed by atoms with Crippen LogP contribution in [0.15, 0.2) is 82.5 Å². The molecule has 0 radical (unpaired) electrons. The van der Waals surface area contributed by atoms with Crippen LogP contribution >= 0.6 is 0 Å². The summed E-state index contributed by atoms with van der Waals surface area (Å²) in [7, 11) is 0. The average Bonchev–Trinajstić information content (AvgIpc) is 3.47. The van der Waals surface area contributed by atoms with Gasteiger partial charge >= 0.3 is 0 Å². The van der Waals surface area contributed by atoms with Crippen LogP contribution in [0.3, 0.4) is 0 Å². The monoisotopic (exact) mass is 385 g/mol. The third-order valence-corrected chi connectivity index (χ3v) is 5.45. The van der Waals surface area contributed by atoms with Gasteiger partial charge in [-0.25, -0.2) is 4.90 Å². The van der Waals surface area contributed by atoms with Crippen LogP contribution in [0.5, 0.6) is 0 Å². The van der Waals surface area contributed by atoms with E-state index in [1.165, 1.54) is 4.90 Å². The van der Waals surface area contributed by atoms with E-state index in [0.29, 0.717) is 17.2 Å². The third-order valence-electron chi connectivity index (χ3n) is 5.45. The number of benzene rings is 2. The Morgan fingerprint density at radius 3 is 2.31 bits per heavy atom. The molecule has 1 aromatic heterocycles. The van der Waals surface area contributed by atoms with Crippen molar-refractivity contribution in [2.45, 2.75) is 19.4 Å². The second-order valence-corrected chi connectivity index (χ2v) is 7.10. The number of carbonyl (C=O) groups is 2. The molecule has 2 atom stereocenters. The summed E-state index contributed by atoms with van der Waals surface area (Å²) in [6.07, 6.45) is 2.44. The zero-order valence-corrected chi connectivity index (χ0v) is 15.9. The number of hydrazone groups is 1. The van der Waals surface area contributed by atoms with Crippen LogP contribution in [0.1, 0.15) is 18.2 Å². The highest BCUT2D eigenvalue weighted by Crippen LogP contribution is 2.39. The van der Waals surface area contributed by atoms with Crippen molar-refractivity contribution < 1.29 is 14.0 Å². The lowest BCUT2D eigenvalue weighted by Crippen LogP contribution is -2.39. The molecule has 3 heterocycles. The minimum absolute atomic E-state index is 0.279. The standard InChI is InChI=1S/C23H19N3O3/c1-2-15-10-12-16(13-11-15)25-22(27)19-20(18-9-6-14-29-18)24-26(21(19)23(25)28)17-7-4-3-5-8-17/h3-14,19,21H,2H2,1H3/t19-,21+/m1/s1. The normalized spacial score (nSPS) is 20.9. The first-order valence-corrected chi connectivity index (χ1v) is 9.62. The number of hydrogen-bond donors (Lipinski definition) is 0. The molecule has 144 valence electrons. The molecule has 2 amide bonds. The van der Waals surface area contributed by atoms with Gasteiger partial charge in [-0.15, -0.1) is 0 Å². The molecule has 5 rings (SSSR count). The van der Waals surface area contributed by atoms with Crippen LogP contribution in [0, 0.1) is 5.92 Å². The summed E-state index contributed by atoms with van der Waals surface area (Å²) in [5.41, 5.74) is 2.97. The topological polar surface area (TPSA) is 66.1 Å². The molecule has 0 unspecified atom stereocenters. The minimum atomic E-state index is -0.726. The molecular formula is C23H19N3O3. The molecule has 3 aromatic rings. The summed E-state index contributed by atoms with van der Waals surface area (Å²) >= 11 is 0. The average molecular weight is 385 g/mol. The van der Waals surface area contributed by atoms with Crippen molar-refractivity contribution in [2.24, 2.45) is 11.0 Å². The second kappa shape index (κ2) is 6.74. The van der Waals surface area contributed by atoms with Gasteiger partial charge in [0.15, 0.2) is 5.76 Å². The van der Waals surface area contributed by atoms with E-state index in [9.17, 15) is 9.59 Å². The van der Waals surface area contributed by atoms with E-state index >= 15 is 0 Å². The number of para-hydroxylation sites is 1. The lowest BCUT2D eigenvalue weighted by molar-refractivity contribution is -0.121. The summed E-state index contributed by atoms with van der Waals surface area (Å²) in [6.45, 7) is 2.06. The number of furan rings is 1. The van der Waals surface area contributed by atoms with Gasteiger partial charge in [-0.3, -0.25) is 14.6 Å². The quantitative estimate of drug-likeness (QED) is 0.644. The highest BCUT2D eigenvalue weighted by molar-refractivity contribution is 6.33. The van der Waals surface area contributed by atoms with E-state index in [2.05, 4.69) is 12.0 Å². The molecule has 0 aliphatic carbocycles. The third kappa shape index (κ3) is 2.68. The van der Waals surface area contributed by atoms with E-state index in [1.54, 1.807) is 23.4 Å². The van der Waals surface area contributed by atoms with E-state index in [1.807, 2.05) is 54.6 Å². The lowest BCUT2D eigenvalue weighted by Gasteiger charge is -2.22. The SMILES string of the molecule is CCc1ccc(N2C(=O)[C@@H]3C(c4ccco4)=NN(c4ccccc4)[C@@H]3C2=O)cc1. The van der Waals surface area contributed by atoms with Crippen LogP contribution in [-0.4, -0.2) is 23.6 Å². The number of carbonyl (C=O) groups excluding carboxylic acids is 2. The zero-order valence-electron chi connectivity index (χ0n) is 15.9. The highest BCUT2D eigenvalue weighted by atomic mass is 16.3. The van der Waals surface area contributed by atoms with Crippen molar-refractivity contribution in [3.63, 3.8) is 0 Å². The van der Waals surface area contributed by atoms with Gasteiger partial charge in [0.25, 0.3) is 5.91 Å². The Balaban J connectivity index is 1.60. The van der Waals surface area contributed by atoms with Crippen molar-refractivity contribution in [3.05, 3.63) is 84.3 Å². The van der Waals surface area contributed by atoms with Crippen LogP contribution < -0.4 is 9.91 Å². The number of aryl methyl sites for hydroxylation is 1. The Kier molecular flexibility index (Phi) is 4.05. The van der Waals surface area contributed by atoms with Crippen LogP contribution in [0.2, 0.25) is 0 Å². The molecule has 29 heavy (non-hydrogen) atoms. The number of rotatable bonds is 4. The predicted octanol–water partition coefficient (Wildman–Crippen LogP) is 3.62. The molecule has 0 N–H and O–H groups in total. The molecule has 6 heteroatoms. The molecule has 0 saturated carbocycles. The van der Waals surface area contributed by atoms with Crippen LogP contribution in [-0.2, 0) is 16.0 Å². The lowest BCUT2D eigenvalue weighted by atomic mass is 9.96. The summed E-state index contributed by atoms with van der Waals surface area (Å²) in [6, 6.07) is 19.7. The number of amides is 2. The van der Waals surface area contributed by atoms with Gasteiger partial charge in [-0.1, -0.05) is 37.3 Å². The van der Waals surface area contributed by atoms with Crippen molar-refractivity contribution >= 4 is 28.9 Å². The first kappa shape index (κ1) is 17.4. The minimum Gasteiger partial charge on any atom is -0.463 e. The molecule has 0 spiro atoms. The van der Waals surface area contributed by atoms with Gasteiger partial charge in [0, 0.05) is 0 Å². The number of fused-ring (bicyclic) bond motifs is 1. The first-order valence-electron chi connectivity index (χ1n) is 9.62. The first-order chi connectivity index (χ1) is 14.2. The maximum absolute atomic E-state index is 13.4. The molecule has 1 saturated heterocycles. The summed E-state index contributed by atoms with van der Waals surface area (Å²) < 4.78 is 5.53. The van der Waals surface area contributed by atoms with Gasteiger partial charge in [-0.05, 0) is 48.4 Å². The summed E-state index contributed by atoms with van der Waals surface area (Å²) in [5.74, 6) is -0.765. The Labute approximate surface area is 168 Å². The molecule has 6 nitrogen and oxygen atoms in total. The maximum atomic E-state index is 13.4. The van der Waals surface area contributed by atoms with Gasteiger partial charge in [0.2, 0.25) is 5.91 Å². The van der Waals surface area contributed by atoms with Gasteiger partial charge in [0.1, 0.15) is 17.7 Å². The van der Waals surface area contributed by atoms with Crippen molar-refractivity contribution in [3.8, 4) is 0 Å². The Bertz CT molecular complexity index is 1090. The Morgan fingerprint density at radius 2 is 1.66 bits per heavy atom. The largest absolute Gasteiger partial charge is 0.463 e. The molecule has 2 aromatic carbocycles. The number of hydrogen-bond acceptors (Lipinski definition) is 5. The molecule has 1 fully saturated rings. The van der Waals surface area contributed by atoms with Crippen molar-refractivity contribution in [1.82, 2.24) is 0 Å². The van der Waals surface area contributed by atoms with Gasteiger partial charge < -0.3 is 4.42 Å². The summed E-state index contributed by atoms with van der Waals surface area (Å²) in [4.78, 5) is 28.1. The molecule has 2 aliphatic heterocycles. The predicted molar refractivity (Wildman–Crippen MR) is 110 cm³/mol. The molecule has 2 aliphatic rings. The number of imide groups is 1. The summed E-state index contributed by atoms with van der Waals surface area (Å²) in [5, 5.41) is 6.27. The van der Waals surface area contributed by atoms with E-state index < -0.39 is 12.0 Å². The maximum Gasteiger partial charge on any atom is 0.259 e. The van der Waals surface area contributed by atoms with E-state index in [-0.39, 0.29) is 11.8 Å². The fraction of sp³-hybridized carbons (Fsp3) is 0.174. The van der Waals surface area contributed by atoms with Gasteiger partial charge in [0.05, 0.1) is 17.6 Å². The van der Waals surface area contributed by atoms with Crippen LogP contribution in [0.4, 0.5) is 11.4 Å². The van der Waals surface area contributed by atoms with Crippen molar-refractivity contribution in [1.29, 1.82) is 0 Å². The number of anilines is 2. The zero-order chi connectivity index (χ0) is 20.0. The highest BCUT2D eigenvalue weighted by Gasteiger charge is 2.57. The second-order valence-electron chi connectivity index (χ2n) is 7.10. The van der Waals surface area contributed by atoms with Gasteiger partial charge in [-0.2, -0.15) is 5.10 Å². The number of nitrogens with zero attached hydrogens (tertiary/aromatic N) is 3.